The molecule has 1 amide bonds. The monoisotopic (exact) mass is 215 g/mol. The van der Waals surface area contributed by atoms with E-state index in [-0.39, 0.29) is 5.91 Å². The van der Waals surface area contributed by atoms with Crippen LogP contribution in [0.1, 0.15) is 32.6 Å². The summed E-state index contributed by atoms with van der Waals surface area (Å²) in [5.41, 5.74) is -0.605. The zero-order valence-corrected chi connectivity index (χ0v) is 9.66. The topological polar surface area (TPSA) is 49.8 Å². The molecule has 88 valence electrons. The fourth-order valence-electron chi connectivity index (χ4n) is 1.99. The summed E-state index contributed by atoms with van der Waals surface area (Å²) in [6, 6.07) is 0. The van der Waals surface area contributed by atoms with Crippen molar-refractivity contribution in [3.63, 3.8) is 0 Å². The molecule has 15 heavy (non-hydrogen) atoms. The van der Waals surface area contributed by atoms with Gasteiger partial charge in [0.25, 0.3) is 0 Å². The van der Waals surface area contributed by atoms with E-state index in [4.69, 9.17) is 4.74 Å². The van der Waals surface area contributed by atoms with Crippen LogP contribution in [0.15, 0.2) is 0 Å². The van der Waals surface area contributed by atoms with Gasteiger partial charge in [-0.1, -0.05) is 13.3 Å². The van der Waals surface area contributed by atoms with Crippen molar-refractivity contribution in [2.45, 2.75) is 38.2 Å². The predicted octanol–water partition coefficient (Wildman–Crippen LogP) is 0.786. The molecule has 0 aromatic carbocycles. The summed E-state index contributed by atoms with van der Waals surface area (Å²) in [6.45, 7) is 3.68. The molecule has 1 aliphatic heterocycles. The van der Waals surface area contributed by atoms with Crippen molar-refractivity contribution >= 4 is 5.91 Å². The molecule has 0 aromatic rings. The van der Waals surface area contributed by atoms with E-state index < -0.39 is 5.60 Å². The first-order valence-corrected chi connectivity index (χ1v) is 5.60. The number of nitrogens with zero attached hydrogens (tertiary/aromatic N) is 1. The number of ether oxygens (including phenoxy) is 1. The van der Waals surface area contributed by atoms with E-state index in [1.807, 2.05) is 6.92 Å². The van der Waals surface area contributed by atoms with Crippen molar-refractivity contribution in [3.8, 4) is 0 Å². The van der Waals surface area contributed by atoms with Crippen LogP contribution in [-0.2, 0) is 9.53 Å². The maximum Gasteiger partial charge on any atom is 0.222 e. The van der Waals surface area contributed by atoms with Gasteiger partial charge in [-0.15, -0.1) is 0 Å². The molecule has 1 saturated heterocycles. The fourth-order valence-corrected chi connectivity index (χ4v) is 1.99. The number of β-amino-alcohol motifs (C(OH)–C–C–N with tert-alkyl or cyclic N) is 1. The quantitative estimate of drug-likeness (QED) is 0.666. The highest BCUT2D eigenvalue weighted by atomic mass is 16.5. The average Bonchev–Trinajstić information content (AvgIpc) is 2.14. The molecule has 4 nitrogen and oxygen atoms in total. The van der Waals surface area contributed by atoms with Gasteiger partial charge in [-0.25, -0.2) is 0 Å². The summed E-state index contributed by atoms with van der Waals surface area (Å²) in [5.74, 6) is 0.132. The fraction of sp³-hybridized carbons (Fsp3) is 0.909. The van der Waals surface area contributed by atoms with Gasteiger partial charge in [0.15, 0.2) is 0 Å². The van der Waals surface area contributed by atoms with Crippen LogP contribution < -0.4 is 0 Å². The lowest BCUT2D eigenvalue weighted by atomic mass is 9.89. The summed E-state index contributed by atoms with van der Waals surface area (Å²) in [7, 11) is 1.63. The van der Waals surface area contributed by atoms with Gasteiger partial charge in [0.2, 0.25) is 5.91 Å². The maximum atomic E-state index is 11.6. The van der Waals surface area contributed by atoms with Gasteiger partial charge in [-0.3, -0.25) is 4.79 Å². The highest BCUT2D eigenvalue weighted by molar-refractivity contribution is 5.77. The average molecular weight is 215 g/mol. The Morgan fingerprint density at radius 3 is 2.73 bits per heavy atom. The Morgan fingerprint density at radius 2 is 2.20 bits per heavy atom. The molecule has 0 unspecified atom stereocenters. The van der Waals surface area contributed by atoms with Crippen molar-refractivity contribution in [3.05, 3.63) is 0 Å². The summed E-state index contributed by atoms with van der Waals surface area (Å²) in [4.78, 5) is 13.3. The molecule has 1 aliphatic rings. The molecule has 4 heteroatoms. The van der Waals surface area contributed by atoms with E-state index in [0.29, 0.717) is 26.1 Å². The number of hydrogen-bond acceptors (Lipinski definition) is 3. The molecule has 1 heterocycles. The second kappa shape index (κ2) is 5.47. The lowest BCUT2D eigenvalue weighted by Gasteiger charge is -2.46. The van der Waals surface area contributed by atoms with Crippen molar-refractivity contribution in [2.75, 3.05) is 26.8 Å². The second-order valence-electron chi connectivity index (χ2n) is 4.32. The zero-order valence-electron chi connectivity index (χ0n) is 9.66. The first-order valence-electron chi connectivity index (χ1n) is 5.60. The molecule has 1 fully saturated rings. The number of rotatable bonds is 6. The van der Waals surface area contributed by atoms with Crippen LogP contribution in [0.3, 0.4) is 0 Å². The van der Waals surface area contributed by atoms with Crippen LogP contribution >= 0.6 is 0 Å². The highest BCUT2D eigenvalue weighted by Crippen LogP contribution is 2.26. The highest BCUT2D eigenvalue weighted by Gasteiger charge is 2.42. The first kappa shape index (κ1) is 12.5. The number of carbonyl (C=O) groups is 1. The van der Waals surface area contributed by atoms with Crippen molar-refractivity contribution in [1.82, 2.24) is 4.90 Å². The van der Waals surface area contributed by atoms with E-state index >= 15 is 0 Å². The molecule has 0 saturated carbocycles. The molecule has 0 aromatic heterocycles. The summed E-state index contributed by atoms with van der Waals surface area (Å²) >= 11 is 0. The van der Waals surface area contributed by atoms with Crippen LogP contribution in [0.4, 0.5) is 0 Å². The lowest BCUT2D eigenvalue weighted by molar-refractivity contribution is -0.156. The molecular weight excluding hydrogens is 194 g/mol. The van der Waals surface area contributed by atoms with Crippen LogP contribution in [-0.4, -0.2) is 48.3 Å². The number of likely N-dealkylation sites (tertiary alicyclic amines) is 1. The van der Waals surface area contributed by atoms with Gasteiger partial charge in [0, 0.05) is 20.1 Å². The van der Waals surface area contributed by atoms with Gasteiger partial charge in [-0.2, -0.15) is 0 Å². The number of aliphatic hydroxyl groups is 1. The third-order valence-corrected chi connectivity index (χ3v) is 2.78. The third kappa shape index (κ3) is 3.47. The molecule has 1 rings (SSSR count). The van der Waals surface area contributed by atoms with Gasteiger partial charge in [0.05, 0.1) is 18.7 Å². The number of carbonyl (C=O) groups excluding carboxylic acids is 1. The van der Waals surface area contributed by atoms with E-state index in [2.05, 4.69) is 0 Å². The number of hydrogen-bond donors (Lipinski definition) is 1. The van der Waals surface area contributed by atoms with E-state index in [0.717, 1.165) is 19.3 Å². The van der Waals surface area contributed by atoms with E-state index in [1.54, 1.807) is 12.0 Å². The number of methoxy groups -OCH3 is 1. The van der Waals surface area contributed by atoms with Crippen molar-refractivity contribution in [1.29, 1.82) is 0 Å². The Morgan fingerprint density at radius 1 is 1.53 bits per heavy atom. The van der Waals surface area contributed by atoms with Gasteiger partial charge < -0.3 is 14.7 Å². The Labute approximate surface area is 91.2 Å². The molecule has 1 N–H and O–H groups in total. The van der Waals surface area contributed by atoms with E-state index in [1.165, 1.54) is 0 Å². The molecular formula is C11H21NO3. The Bertz CT molecular complexity index is 212. The minimum Gasteiger partial charge on any atom is -0.386 e. The van der Waals surface area contributed by atoms with Crippen LogP contribution in [0, 0.1) is 0 Å². The van der Waals surface area contributed by atoms with Gasteiger partial charge >= 0.3 is 0 Å². The predicted molar refractivity (Wildman–Crippen MR) is 57.5 cm³/mol. The van der Waals surface area contributed by atoms with E-state index in [9.17, 15) is 9.90 Å². The minimum atomic E-state index is -0.605. The second-order valence-corrected chi connectivity index (χ2v) is 4.32. The maximum absolute atomic E-state index is 11.6. The minimum absolute atomic E-state index is 0.132. The van der Waals surface area contributed by atoms with Crippen molar-refractivity contribution < 1.29 is 14.6 Å². The summed E-state index contributed by atoms with van der Waals surface area (Å²) < 4.78 is 4.88. The van der Waals surface area contributed by atoms with Gasteiger partial charge in [-0.05, 0) is 12.8 Å². The Balaban J connectivity index is 2.17. The van der Waals surface area contributed by atoms with Crippen LogP contribution in [0.25, 0.3) is 0 Å². The SMILES string of the molecule is CCCC1(O)CN(C(=O)CCCOC)C1. The molecule has 0 aliphatic carbocycles. The molecule has 0 atom stereocenters. The number of amides is 1. The Hall–Kier alpha value is -0.610. The summed E-state index contributed by atoms with van der Waals surface area (Å²) in [5, 5.41) is 9.88. The van der Waals surface area contributed by atoms with Gasteiger partial charge in [0.1, 0.15) is 0 Å². The summed E-state index contributed by atoms with van der Waals surface area (Å²) in [6.07, 6.45) is 3.03. The third-order valence-electron chi connectivity index (χ3n) is 2.78. The van der Waals surface area contributed by atoms with Crippen LogP contribution in [0.2, 0.25) is 0 Å². The smallest absolute Gasteiger partial charge is 0.222 e. The Kier molecular flexibility index (Phi) is 4.54. The van der Waals surface area contributed by atoms with Crippen LogP contribution in [0.5, 0.6) is 0 Å². The lowest BCUT2D eigenvalue weighted by Crippen LogP contribution is -2.63. The standard InChI is InChI=1S/C11H21NO3/c1-3-6-11(14)8-12(9-11)10(13)5-4-7-15-2/h14H,3-9H2,1-2H3. The zero-order chi connectivity index (χ0) is 11.3. The largest absolute Gasteiger partial charge is 0.386 e. The first-order chi connectivity index (χ1) is 7.11. The molecule has 0 radical (unpaired) electrons. The molecule has 0 spiro atoms. The van der Waals surface area contributed by atoms with Crippen molar-refractivity contribution in [2.24, 2.45) is 0 Å². The normalized spacial score (nSPS) is 18.7. The molecule has 0 bridgehead atoms.